The van der Waals surface area contributed by atoms with E-state index in [-0.39, 0.29) is 0 Å². The van der Waals surface area contributed by atoms with Gasteiger partial charge in [-0.05, 0) is 35.2 Å². The highest BCUT2D eigenvalue weighted by Gasteiger charge is 2.15. The predicted octanol–water partition coefficient (Wildman–Crippen LogP) is 2.41. The summed E-state index contributed by atoms with van der Waals surface area (Å²) in [5, 5.41) is 0. The zero-order chi connectivity index (χ0) is 13.2. The third kappa shape index (κ3) is 2.56. The van der Waals surface area contributed by atoms with Gasteiger partial charge in [0.05, 0.1) is 11.4 Å². The van der Waals surface area contributed by atoms with Crippen LogP contribution in [-0.2, 0) is 19.5 Å². The van der Waals surface area contributed by atoms with Gasteiger partial charge in [0.15, 0.2) is 0 Å². The number of nitrogen functional groups attached to an aromatic ring is 2. The molecule has 0 saturated carbocycles. The highest BCUT2D eigenvalue weighted by Crippen LogP contribution is 2.22. The third-order valence-corrected chi connectivity index (χ3v) is 3.77. The summed E-state index contributed by atoms with van der Waals surface area (Å²) in [6.07, 6.45) is 1.13. The standard InChI is InChI=1S/C16H19N3/c17-15-6-5-12(9-16(15)18)10-19-8-7-13-3-1-2-4-14(13)11-19/h1-6,9H,7-8,10-11,17-18H2. The van der Waals surface area contributed by atoms with E-state index in [1.54, 1.807) is 0 Å². The highest BCUT2D eigenvalue weighted by molar-refractivity contribution is 5.63. The number of hydrogen-bond donors (Lipinski definition) is 2. The summed E-state index contributed by atoms with van der Waals surface area (Å²) in [6.45, 7) is 3.04. The second-order valence-electron chi connectivity index (χ2n) is 5.19. The van der Waals surface area contributed by atoms with Crippen LogP contribution in [0.5, 0.6) is 0 Å². The summed E-state index contributed by atoms with van der Waals surface area (Å²) in [4.78, 5) is 2.45. The molecule has 3 rings (SSSR count). The van der Waals surface area contributed by atoms with Crippen LogP contribution in [0.3, 0.4) is 0 Å². The van der Waals surface area contributed by atoms with E-state index in [1.807, 2.05) is 12.1 Å². The largest absolute Gasteiger partial charge is 0.397 e. The fourth-order valence-electron chi connectivity index (χ4n) is 2.67. The number of hydrogen-bond acceptors (Lipinski definition) is 3. The van der Waals surface area contributed by atoms with Crippen molar-refractivity contribution < 1.29 is 0 Å². The SMILES string of the molecule is Nc1ccc(CN2CCc3ccccc3C2)cc1N. The molecule has 0 amide bonds. The molecule has 0 radical (unpaired) electrons. The molecule has 0 fully saturated rings. The van der Waals surface area contributed by atoms with Gasteiger partial charge in [-0.1, -0.05) is 30.3 Å². The molecule has 2 aromatic carbocycles. The van der Waals surface area contributed by atoms with Gasteiger partial charge in [0.25, 0.3) is 0 Å². The molecular weight excluding hydrogens is 234 g/mol. The molecule has 3 heteroatoms. The lowest BCUT2D eigenvalue weighted by Crippen LogP contribution is -2.30. The maximum absolute atomic E-state index is 5.86. The molecule has 19 heavy (non-hydrogen) atoms. The van der Waals surface area contributed by atoms with Crippen molar-refractivity contribution in [3.05, 3.63) is 59.2 Å². The van der Waals surface area contributed by atoms with E-state index in [1.165, 1.54) is 16.7 Å². The molecule has 1 aliphatic rings. The van der Waals surface area contributed by atoms with Gasteiger partial charge in [0.2, 0.25) is 0 Å². The Morgan fingerprint density at radius 3 is 2.53 bits per heavy atom. The molecule has 0 aromatic heterocycles. The average molecular weight is 253 g/mol. The fourth-order valence-corrected chi connectivity index (χ4v) is 2.67. The van der Waals surface area contributed by atoms with Crippen LogP contribution in [-0.4, -0.2) is 11.4 Å². The van der Waals surface area contributed by atoms with Crippen LogP contribution >= 0.6 is 0 Å². The molecule has 0 saturated heterocycles. The number of fused-ring (bicyclic) bond motifs is 1. The molecule has 1 aliphatic heterocycles. The molecule has 0 spiro atoms. The van der Waals surface area contributed by atoms with E-state index in [4.69, 9.17) is 11.5 Å². The van der Waals surface area contributed by atoms with Crippen molar-refractivity contribution in [2.75, 3.05) is 18.0 Å². The first-order valence-corrected chi connectivity index (χ1v) is 6.65. The summed E-state index contributed by atoms with van der Waals surface area (Å²) >= 11 is 0. The van der Waals surface area contributed by atoms with Crippen LogP contribution in [0.15, 0.2) is 42.5 Å². The Hall–Kier alpha value is -2.00. The maximum atomic E-state index is 5.86. The number of rotatable bonds is 2. The smallest absolute Gasteiger partial charge is 0.0551 e. The number of benzene rings is 2. The second-order valence-corrected chi connectivity index (χ2v) is 5.19. The summed E-state index contributed by atoms with van der Waals surface area (Å²) in [6, 6.07) is 14.6. The predicted molar refractivity (Wildman–Crippen MR) is 79.5 cm³/mol. The van der Waals surface area contributed by atoms with Gasteiger partial charge in [-0.15, -0.1) is 0 Å². The topological polar surface area (TPSA) is 55.3 Å². The molecular formula is C16H19N3. The van der Waals surface area contributed by atoms with E-state index in [2.05, 4.69) is 35.2 Å². The monoisotopic (exact) mass is 253 g/mol. The van der Waals surface area contributed by atoms with Crippen LogP contribution in [0.25, 0.3) is 0 Å². The number of nitrogens with two attached hydrogens (primary N) is 2. The Morgan fingerprint density at radius 1 is 0.947 bits per heavy atom. The third-order valence-electron chi connectivity index (χ3n) is 3.77. The molecule has 2 aromatic rings. The summed E-state index contributed by atoms with van der Waals surface area (Å²) in [5.74, 6) is 0. The molecule has 4 N–H and O–H groups in total. The van der Waals surface area contributed by atoms with Crippen LogP contribution in [0, 0.1) is 0 Å². The molecule has 0 atom stereocenters. The van der Waals surface area contributed by atoms with Crippen LogP contribution in [0.2, 0.25) is 0 Å². The Morgan fingerprint density at radius 2 is 1.74 bits per heavy atom. The number of nitrogens with zero attached hydrogens (tertiary/aromatic N) is 1. The first kappa shape index (κ1) is 12.1. The molecule has 3 nitrogen and oxygen atoms in total. The number of anilines is 2. The van der Waals surface area contributed by atoms with Crippen LogP contribution in [0.4, 0.5) is 11.4 Å². The van der Waals surface area contributed by atoms with Crippen molar-refractivity contribution in [3.8, 4) is 0 Å². The van der Waals surface area contributed by atoms with Crippen LogP contribution < -0.4 is 11.5 Å². The molecule has 0 aliphatic carbocycles. The average Bonchev–Trinajstić information content (AvgIpc) is 2.43. The quantitative estimate of drug-likeness (QED) is 0.808. The van der Waals surface area contributed by atoms with E-state index in [0.29, 0.717) is 11.4 Å². The van der Waals surface area contributed by atoms with Crippen molar-refractivity contribution >= 4 is 11.4 Å². The van der Waals surface area contributed by atoms with Gasteiger partial charge >= 0.3 is 0 Å². The lowest BCUT2D eigenvalue weighted by Gasteiger charge is -2.28. The highest BCUT2D eigenvalue weighted by atomic mass is 15.1. The lowest BCUT2D eigenvalue weighted by atomic mass is 9.99. The van der Waals surface area contributed by atoms with Crippen molar-refractivity contribution in [1.82, 2.24) is 4.90 Å². The first-order chi connectivity index (χ1) is 9.22. The van der Waals surface area contributed by atoms with Gasteiger partial charge in [-0.2, -0.15) is 0 Å². The van der Waals surface area contributed by atoms with Crippen LogP contribution in [0.1, 0.15) is 16.7 Å². The van der Waals surface area contributed by atoms with E-state index >= 15 is 0 Å². The molecule has 1 heterocycles. The Bertz CT molecular complexity index is 592. The van der Waals surface area contributed by atoms with Crippen molar-refractivity contribution in [2.24, 2.45) is 0 Å². The van der Waals surface area contributed by atoms with Crippen molar-refractivity contribution in [3.63, 3.8) is 0 Å². The minimum Gasteiger partial charge on any atom is -0.397 e. The summed E-state index contributed by atoms with van der Waals surface area (Å²) in [5.41, 5.74) is 17.1. The van der Waals surface area contributed by atoms with Gasteiger partial charge in [-0.3, -0.25) is 4.90 Å². The Labute approximate surface area is 113 Å². The van der Waals surface area contributed by atoms with Gasteiger partial charge < -0.3 is 11.5 Å². The van der Waals surface area contributed by atoms with Gasteiger partial charge in [-0.25, -0.2) is 0 Å². The minimum absolute atomic E-state index is 0.660. The first-order valence-electron chi connectivity index (χ1n) is 6.65. The second kappa shape index (κ2) is 4.94. The summed E-state index contributed by atoms with van der Waals surface area (Å²) in [7, 11) is 0. The zero-order valence-electron chi connectivity index (χ0n) is 11.0. The molecule has 0 bridgehead atoms. The van der Waals surface area contributed by atoms with Crippen molar-refractivity contribution in [2.45, 2.75) is 19.5 Å². The van der Waals surface area contributed by atoms with E-state index in [9.17, 15) is 0 Å². The minimum atomic E-state index is 0.660. The maximum Gasteiger partial charge on any atom is 0.0551 e. The molecule has 0 unspecified atom stereocenters. The Balaban J connectivity index is 1.73. The van der Waals surface area contributed by atoms with Gasteiger partial charge in [0, 0.05) is 19.6 Å². The fraction of sp³-hybridized carbons (Fsp3) is 0.250. The lowest BCUT2D eigenvalue weighted by molar-refractivity contribution is 0.245. The normalized spacial score (nSPS) is 15.2. The van der Waals surface area contributed by atoms with E-state index in [0.717, 1.165) is 26.1 Å². The van der Waals surface area contributed by atoms with E-state index < -0.39 is 0 Å². The zero-order valence-corrected chi connectivity index (χ0v) is 11.0. The molecule has 98 valence electrons. The van der Waals surface area contributed by atoms with Gasteiger partial charge in [0.1, 0.15) is 0 Å². The summed E-state index contributed by atoms with van der Waals surface area (Å²) < 4.78 is 0. The van der Waals surface area contributed by atoms with Crippen molar-refractivity contribution in [1.29, 1.82) is 0 Å². The Kier molecular flexibility index (Phi) is 3.13.